The average Bonchev–Trinajstić information content (AvgIpc) is 2.04. The number of nitrogens with zero attached hydrogens (tertiary/aromatic N) is 1. The molecule has 0 spiro atoms. The third-order valence-electron chi connectivity index (χ3n) is 1.50. The Labute approximate surface area is 98.3 Å². The van der Waals surface area contributed by atoms with E-state index in [-0.39, 0.29) is 11.6 Å². The van der Waals surface area contributed by atoms with Crippen LogP contribution in [0.4, 0.5) is 5.69 Å². The summed E-state index contributed by atoms with van der Waals surface area (Å²) < 4.78 is 0.505. The predicted molar refractivity (Wildman–Crippen MR) is 60.4 cm³/mol. The Kier molecular flexibility index (Phi) is 3.75. The molecule has 13 heavy (non-hydrogen) atoms. The van der Waals surface area contributed by atoms with Gasteiger partial charge in [0.05, 0.1) is 14.4 Å². The highest BCUT2D eigenvalue weighted by Gasteiger charge is 2.16. The second kappa shape index (κ2) is 4.43. The van der Waals surface area contributed by atoms with Gasteiger partial charge in [-0.15, -0.1) is 11.6 Å². The van der Waals surface area contributed by atoms with E-state index < -0.39 is 4.92 Å². The first kappa shape index (κ1) is 11.0. The fourth-order valence-electron chi connectivity index (χ4n) is 0.849. The molecule has 0 radical (unpaired) electrons. The lowest BCUT2D eigenvalue weighted by atomic mass is 10.2. The lowest BCUT2D eigenvalue weighted by Crippen LogP contribution is -1.95. The van der Waals surface area contributed by atoms with Crippen LogP contribution in [-0.4, -0.2) is 4.92 Å². The Balaban J connectivity index is 3.35. The minimum absolute atomic E-state index is 0.0423. The van der Waals surface area contributed by atoms with E-state index in [4.69, 9.17) is 23.2 Å². The summed E-state index contributed by atoms with van der Waals surface area (Å²) in [4.78, 5) is 10.1. The molecule has 0 saturated heterocycles. The second-order valence-corrected chi connectivity index (χ2v) is 4.00. The molecule has 0 aliphatic rings. The van der Waals surface area contributed by atoms with Crippen molar-refractivity contribution in [2.75, 3.05) is 0 Å². The zero-order valence-corrected chi connectivity index (χ0v) is 9.93. The molecule has 0 bridgehead atoms. The number of nitro benzene ring substituents is 1. The predicted octanol–water partition coefficient (Wildman–Crippen LogP) is 3.59. The van der Waals surface area contributed by atoms with Crippen molar-refractivity contribution in [3.8, 4) is 0 Å². The minimum Gasteiger partial charge on any atom is -0.258 e. The quantitative estimate of drug-likeness (QED) is 0.360. The molecular formula is C7H4Cl2INO2. The van der Waals surface area contributed by atoms with Crippen molar-refractivity contribution in [2.24, 2.45) is 0 Å². The molecule has 0 aliphatic carbocycles. The number of nitro groups is 1. The van der Waals surface area contributed by atoms with Crippen LogP contribution in [0.3, 0.4) is 0 Å². The molecule has 0 fully saturated rings. The number of alkyl halides is 1. The van der Waals surface area contributed by atoms with Crippen LogP contribution >= 0.6 is 45.8 Å². The maximum absolute atomic E-state index is 10.5. The van der Waals surface area contributed by atoms with Crippen LogP contribution in [0.2, 0.25) is 5.02 Å². The summed E-state index contributed by atoms with van der Waals surface area (Å²) >= 11 is 13.3. The standard InChI is InChI=1S/C7H4Cl2INO2/c8-3-4-5(9)1-2-6(7(4)10)11(12)13/h1-2H,3H2. The summed E-state index contributed by atoms with van der Waals surface area (Å²) in [5.74, 6) is 0.179. The maximum Gasteiger partial charge on any atom is 0.283 e. The molecule has 0 amide bonds. The molecule has 0 unspecified atom stereocenters. The molecule has 0 heterocycles. The van der Waals surface area contributed by atoms with Gasteiger partial charge in [0.1, 0.15) is 0 Å². The van der Waals surface area contributed by atoms with Gasteiger partial charge in [-0.25, -0.2) is 0 Å². The van der Waals surface area contributed by atoms with Gasteiger partial charge in [-0.3, -0.25) is 10.1 Å². The molecule has 1 rings (SSSR count). The van der Waals surface area contributed by atoms with Crippen LogP contribution in [0.5, 0.6) is 0 Å². The van der Waals surface area contributed by atoms with E-state index in [2.05, 4.69) is 0 Å². The molecule has 0 N–H and O–H groups in total. The van der Waals surface area contributed by atoms with Crippen molar-refractivity contribution in [1.82, 2.24) is 0 Å². The van der Waals surface area contributed by atoms with E-state index in [9.17, 15) is 10.1 Å². The van der Waals surface area contributed by atoms with Gasteiger partial charge < -0.3 is 0 Å². The van der Waals surface area contributed by atoms with Crippen molar-refractivity contribution >= 4 is 51.5 Å². The van der Waals surface area contributed by atoms with Crippen molar-refractivity contribution in [3.05, 3.63) is 36.4 Å². The number of rotatable bonds is 2. The van der Waals surface area contributed by atoms with Crippen molar-refractivity contribution < 1.29 is 4.92 Å². The first-order valence-corrected chi connectivity index (χ1v) is 5.24. The summed E-state index contributed by atoms with van der Waals surface area (Å²) in [7, 11) is 0. The molecule has 1 aromatic carbocycles. The Morgan fingerprint density at radius 2 is 2.15 bits per heavy atom. The topological polar surface area (TPSA) is 43.1 Å². The smallest absolute Gasteiger partial charge is 0.258 e. The highest BCUT2D eigenvalue weighted by Crippen LogP contribution is 2.30. The fourth-order valence-corrected chi connectivity index (χ4v) is 2.66. The van der Waals surface area contributed by atoms with Crippen LogP contribution < -0.4 is 0 Å². The van der Waals surface area contributed by atoms with Gasteiger partial charge in [-0.2, -0.15) is 0 Å². The van der Waals surface area contributed by atoms with E-state index in [1.165, 1.54) is 12.1 Å². The van der Waals surface area contributed by atoms with Crippen LogP contribution in [0.15, 0.2) is 12.1 Å². The molecule has 6 heteroatoms. The highest BCUT2D eigenvalue weighted by atomic mass is 127. The monoisotopic (exact) mass is 331 g/mol. The number of hydrogen-bond donors (Lipinski definition) is 0. The Hall–Kier alpha value is -0.0700. The maximum atomic E-state index is 10.5. The van der Waals surface area contributed by atoms with Crippen LogP contribution in [0, 0.1) is 13.7 Å². The summed E-state index contributed by atoms with van der Waals surface area (Å²) in [5.41, 5.74) is 0.652. The molecule has 0 atom stereocenters. The molecule has 0 aliphatic heterocycles. The summed E-state index contributed by atoms with van der Waals surface area (Å²) in [6.07, 6.45) is 0. The van der Waals surface area contributed by atoms with Gasteiger partial charge in [0, 0.05) is 16.7 Å². The Morgan fingerprint density at radius 3 is 2.62 bits per heavy atom. The summed E-state index contributed by atoms with van der Waals surface area (Å²) in [6, 6.07) is 2.86. The van der Waals surface area contributed by atoms with Crippen LogP contribution in [-0.2, 0) is 5.88 Å². The Bertz CT molecular complexity index is 357. The van der Waals surface area contributed by atoms with E-state index in [0.717, 1.165) is 0 Å². The molecule has 0 aromatic heterocycles. The first-order chi connectivity index (χ1) is 6.07. The van der Waals surface area contributed by atoms with Crippen molar-refractivity contribution in [3.63, 3.8) is 0 Å². The second-order valence-electron chi connectivity index (χ2n) is 2.25. The van der Waals surface area contributed by atoms with E-state index >= 15 is 0 Å². The highest BCUT2D eigenvalue weighted by molar-refractivity contribution is 14.1. The molecular weight excluding hydrogens is 328 g/mol. The minimum atomic E-state index is -0.450. The van der Waals surface area contributed by atoms with Crippen molar-refractivity contribution in [2.45, 2.75) is 5.88 Å². The molecule has 1 aromatic rings. The van der Waals surface area contributed by atoms with E-state index in [0.29, 0.717) is 14.2 Å². The third-order valence-corrected chi connectivity index (χ3v) is 3.32. The van der Waals surface area contributed by atoms with E-state index in [1.54, 1.807) is 0 Å². The SMILES string of the molecule is O=[N+]([O-])c1ccc(Cl)c(CCl)c1I. The summed E-state index contributed by atoms with van der Waals surface area (Å²) in [6.45, 7) is 0. The summed E-state index contributed by atoms with van der Waals surface area (Å²) in [5, 5.41) is 11.0. The van der Waals surface area contributed by atoms with Gasteiger partial charge in [0.15, 0.2) is 0 Å². The number of hydrogen-bond acceptors (Lipinski definition) is 2. The van der Waals surface area contributed by atoms with Crippen LogP contribution in [0.1, 0.15) is 5.56 Å². The Morgan fingerprint density at radius 1 is 1.54 bits per heavy atom. The van der Waals surface area contributed by atoms with E-state index in [1.807, 2.05) is 22.6 Å². The van der Waals surface area contributed by atoms with Crippen LogP contribution in [0.25, 0.3) is 0 Å². The molecule has 0 saturated carbocycles. The largest absolute Gasteiger partial charge is 0.283 e. The fraction of sp³-hybridized carbons (Fsp3) is 0.143. The lowest BCUT2D eigenvalue weighted by Gasteiger charge is -2.03. The van der Waals surface area contributed by atoms with Gasteiger partial charge >= 0.3 is 0 Å². The normalized spacial score (nSPS) is 10.1. The molecule has 70 valence electrons. The van der Waals surface area contributed by atoms with Gasteiger partial charge in [0.2, 0.25) is 0 Å². The first-order valence-electron chi connectivity index (χ1n) is 3.25. The van der Waals surface area contributed by atoms with Gasteiger partial charge in [-0.05, 0) is 28.7 Å². The molecule has 3 nitrogen and oxygen atoms in total. The zero-order chi connectivity index (χ0) is 10.0. The third kappa shape index (κ3) is 2.24. The van der Waals surface area contributed by atoms with Gasteiger partial charge in [-0.1, -0.05) is 11.6 Å². The van der Waals surface area contributed by atoms with Gasteiger partial charge in [0.25, 0.3) is 5.69 Å². The number of benzene rings is 1. The lowest BCUT2D eigenvalue weighted by molar-refractivity contribution is -0.385. The zero-order valence-electron chi connectivity index (χ0n) is 6.26. The number of halogens is 3. The average molecular weight is 332 g/mol. The van der Waals surface area contributed by atoms with Crippen molar-refractivity contribution in [1.29, 1.82) is 0 Å².